The summed E-state index contributed by atoms with van der Waals surface area (Å²) in [6.45, 7) is 4.82. The number of carbonyl (C=O) groups is 2. The third-order valence-electron chi connectivity index (χ3n) is 5.66. The van der Waals surface area contributed by atoms with Gasteiger partial charge in [-0.2, -0.15) is 4.31 Å². The van der Waals surface area contributed by atoms with E-state index < -0.39 is 22.0 Å². The molecule has 2 aromatic carbocycles. The maximum absolute atomic E-state index is 13.1. The Morgan fingerprint density at radius 1 is 1.06 bits per heavy atom. The van der Waals surface area contributed by atoms with E-state index >= 15 is 0 Å². The molecule has 3 rings (SSSR count). The Labute approximate surface area is 201 Å². The van der Waals surface area contributed by atoms with E-state index in [1.165, 1.54) is 10.4 Å². The molecule has 0 saturated carbocycles. The first kappa shape index (κ1) is 25.7. The van der Waals surface area contributed by atoms with Crippen LogP contribution in [0.2, 0.25) is 0 Å². The molecule has 10 heteroatoms. The van der Waals surface area contributed by atoms with E-state index in [-0.39, 0.29) is 10.8 Å². The van der Waals surface area contributed by atoms with Gasteiger partial charge in [0.2, 0.25) is 10.0 Å². The number of carbonyl (C=O) groups excluding carboxylic acids is 2. The summed E-state index contributed by atoms with van der Waals surface area (Å²) < 4.78 is 32.7. The maximum Gasteiger partial charge on any atom is 0.255 e. The lowest BCUT2D eigenvalue weighted by Crippen LogP contribution is -2.30. The molecule has 184 valence electrons. The standard InChI is InChI=1S/C24H32N4O5S/c1-5-28(6-2)34(31,32)19-12-13-21(27(3)4)20(16-19)26-23(29)17-9-7-10-18(15-17)25-24(30)22-11-8-14-33-22/h7,9-10,12-13,15-16,22H,5-6,8,11,14H2,1-4H3,(H,25,30)(H,26,29). The van der Waals surface area contributed by atoms with Gasteiger partial charge in [0.15, 0.2) is 0 Å². The minimum absolute atomic E-state index is 0.106. The van der Waals surface area contributed by atoms with Crippen molar-refractivity contribution in [3.8, 4) is 0 Å². The summed E-state index contributed by atoms with van der Waals surface area (Å²) in [7, 11) is -0.0702. The van der Waals surface area contributed by atoms with Crippen LogP contribution in [0.25, 0.3) is 0 Å². The molecule has 2 aromatic rings. The van der Waals surface area contributed by atoms with E-state index in [4.69, 9.17) is 4.74 Å². The highest BCUT2D eigenvalue weighted by Crippen LogP contribution is 2.30. The zero-order valence-electron chi connectivity index (χ0n) is 20.0. The van der Waals surface area contributed by atoms with Crippen molar-refractivity contribution in [3.63, 3.8) is 0 Å². The number of hydrogen-bond donors (Lipinski definition) is 2. The quantitative estimate of drug-likeness (QED) is 0.561. The molecule has 2 N–H and O–H groups in total. The molecule has 9 nitrogen and oxygen atoms in total. The second-order valence-corrected chi connectivity index (χ2v) is 10.1. The lowest BCUT2D eigenvalue weighted by atomic mass is 10.1. The number of nitrogens with one attached hydrogen (secondary N) is 2. The first-order valence-electron chi connectivity index (χ1n) is 11.3. The molecular weight excluding hydrogens is 456 g/mol. The van der Waals surface area contributed by atoms with E-state index in [0.29, 0.717) is 48.7 Å². The number of benzene rings is 2. The van der Waals surface area contributed by atoms with Crippen LogP contribution in [0.5, 0.6) is 0 Å². The monoisotopic (exact) mass is 488 g/mol. The van der Waals surface area contributed by atoms with Crippen LogP contribution < -0.4 is 15.5 Å². The zero-order chi connectivity index (χ0) is 24.9. The van der Waals surface area contributed by atoms with E-state index in [2.05, 4.69) is 10.6 Å². The van der Waals surface area contributed by atoms with Crippen LogP contribution in [0, 0.1) is 0 Å². The van der Waals surface area contributed by atoms with Gasteiger partial charge in [-0.1, -0.05) is 19.9 Å². The predicted molar refractivity (Wildman–Crippen MR) is 133 cm³/mol. The van der Waals surface area contributed by atoms with Gasteiger partial charge in [0.05, 0.1) is 16.3 Å². The van der Waals surface area contributed by atoms with Crippen molar-refractivity contribution in [3.05, 3.63) is 48.0 Å². The van der Waals surface area contributed by atoms with Crippen molar-refractivity contribution in [2.45, 2.75) is 37.7 Å². The van der Waals surface area contributed by atoms with Crippen LogP contribution in [0.1, 0.15) is 37.0 Å². The number of ether oxygens (including phenoxy) is 1. The number of nitrogens with zero attached hydrogens (tertiary/aromatic N) is 2. The van der Waals surface area contributed by atoms with Crippen LogP contribution in [0.15, 0.2) is 47.4 Å². The summed E-state index contributed by atoms with van der Waals surface area (Å²) >= 11 is 0. The third-order valence-corrected chi connectivity index (χ3v) is 7.70. The summed E-state index contributed by atoms with van der Waals surface area (Å²) in [5.41, 5.74) is 1.84. The highest BCUT2D eigenvalue weighted by molar-refractivity contribution is 7.89. The average Bonchev–Trinajstić information content (AvgIpc) is 3.35. The smallest absolute Gasteiger partial charge is 0.255 e. The SMILES string of the molecule is CCN(CC)S(=O)(=O)c1ccc(N(C)C)c(NC(=O)c2cccc(NC(=O)C3CCCO3)c2)c1. The lowest BCUT2D eigenvalue weighted by molar-refractivity contribution is -0.124. The molecule has 0 spiro atoms. The molecule has 1 saturated heterocycles. The number of sulfonamides is 1. The van der Waals surface area contributed by atoms with Crippen molar-refractivity contribution >= 4 is 38.9 Å². The van der Waals surface area contributed by atoms with E-state index in [0.717, 1.165) is 6.42 Å². The third kappa shape index (κ3) is 5.75. The fourth-order valence-corrected chi connectivity index (χ4v) is 5.30. The van der Waals surface area contributed by atoms with Crippen molar-refractivity contribution in [1.82, 2.24) is 4.31 Å². The highest BCUT2D eigenvalue weighted by Gasteiger charge is 2.25. The first-order valence-corrected chi connectivity index (χ1v) is 12.8. The van der Waals surface area contributed by atoms with Gasteiger partial charge in [-0.15, -0.1) is 0 Å². The summed E-state index contributed by atoms with van der Waals surface area (Å²) in [5, 5.41) is 5.62. The predicted octanol–water partition coefficient (Wildman–Crippen LogP) is 3.15. The molecule has 1 heterocycles. The van der Waals surface area contributed by atoms with Gasteiger partial charge in [0, 0.05) is 45.0 Å². The van der Waals surface area contributed by atoms with E-state index in [1.54, 1.807) is 55.1 Å². The Balaban J connectivity index is 1.85. The van der Waals surface area contributed by atoms with Crippen LogP contribution in [0.3, 0.4) is 0 Å². The van der Waals surface area contributed by atoms with Gasteiger partial charge in [-0.05, 0) is 49.2 Å². The van der Waals surface area contributed by atoms with Gasteiger partial charge >= 0.3 is 0 Å². The first-order chi connectivity index (χ1) is 16.2. The Morgan fingerprint density at radius 3 is 2.41 bits per heavy atom. The van der Waals surface area contributed by atoms with E-state index in [9.17, 15) is 18.0 Å². The molecule has 0 radical (unpaired) electrons. The molecule has 1 aliphatic heterocycles. The normalized spacial score (nSPS) is 15.9. The second kappa shape index (κ2) is 11.0. The van der Waals surface area contributed by atoms with Crippen molar-refractivity contribution in [2.24, 2.45) is 0 Å². The van der Waals surface area contributed by atoms with Crippen LogP contribution in [0.4, 0.5) is 17.1 Å². The number of hydrogen-bond acceptors (Lipinski definition) is 6. The van der Waals surface area contributed by atoms with Crippen LogP contribution in [-0.2, 0) is 19.6 Å². The molecular formula is C24H32N4O5S. The summed E-state index contributed by atoms with van der Waals surface area (Å²) in [5.74, 6) is -0.659. The second-order valence-electron chi connectivity index (χ2n) is 8.19. The summed E-state index contributed by atoms with van der Waals surface area (Å²) in [4.78, 5) is 27.3. The van der Waals surface area contributed by atoms with Crippen molar-refractivity contribution in [1.29, 1.82) is 0 Å². The molecule has 0 aromatic heterocycles. The molecule has 0 aliphatic carbocycles. The zero-order valence-corrected chi connectivity index (χ0v) is 20.8. The Morgan fingerprint density at radius 2 is 1.79 bits per heavy atom. The lowest BCUT2D eigenvalue weighted by Gasteiger charge is -2.22. The average molecular weight is 489 g/mol. The summed E-state index contributed by atoms with van der Waals surface area (Å²) in [6, 6.07) is 11.3. The van der Waals surface area contributed by atoms with Crippen molar-refractivity contribution < 1.29 is 22.7 Å². The Hall–Kier alpha value is -2.95. The fraction of sp³-hybridized carbons (Fsp3) is 0.417. The van der Waals surface area contributed by atoms with Gasteiger partial charge in [-0.3, -0.25) is 9.59 Å². The maximum atomic E-state index is 13.1. The molecule has 1 unspecified atom stereocenters. The molecule has 0 bridgehead atoms. The van der Waals surface area contributed by atoms with Crippen LogP contribution in [-0.4, -0.2) is 64.4 Å². The number of anilines is 3. The van der Waals surface area contributed by atoms with Crippen molar-refractivity contribution in [2.75, 3.05) is 49.3 Å². The largest absolute Gasteiger partial charge is 0.376 e. The highest BCUT2D eigenvalue weighted by atomic mass is 32.2. The topological polar surface area (TPSA) is 108 Å². The minimum atomic E-state index is -3.69. The number of rotatable bonds is 9. The molecule has 1 atom stereocenters. The fourth-order valence-electron chi connectivity index (χ4n) is 3.82. The Kier molecular flexibility index (Phi) is 8.29. The molecule has 2 amide bonds. The minimum Gasteiger partial charge on any atom is -0.376 e. The molecule has 34 heavy (non-hydrogen) atoms. The summed E-state index contributed by atoms with van der Waals surface area (Å²) in [6.07, 6.45) is 1.04. The van der Waals surface area contributed by atoms with Gasteiger partial charge in [-0.25, -0.2) is 8.42 Å². The van der Waals surface area contributed by atoms with Gasteiger partial charge in [0.1, 0.15) is 6.10 Å². The van der Waals surface area contributed by atoms with Gasteiger partial charge < -0.3 is 20.3 Å². The van der Waals surface area contributed by atoms with Crippen LogP contribution >= 0.6 is 0 Å². The van der Waals surface area contributed by atoms with Gasteiger partial charge in [0.25, 0.3) is 11.8 Å². The number of amides is 2. The van der Waals surface area contributed by atoms with E-state index in [1.807, 2.05) is 14.1 Å². The molecule has 1 aliphatic rings. The Bertz CT molecular complexity index is 1140. The molecule has 1 fully saturated rings.